The number of aromatic nitrogens is 2. The molecule has 0 aromatic carbocycles. The maximum Gasteiger partial charge on any atom is 0.160 e. The van der Waals surface area contributed by atoms with Crippen LogP contribution in [0.2, 0.25) is 5.02 Å². The Morgan fingerprint density at radius 1 is 1.58 bits per heavy atom. The summed E-state index contributed by atoms with van der Waals surface area (Å²) in [5.74, 6) is -0.483. The summed E-state index contributed by atoms with van der Waals surface area (Å²) in [6.45, 7) is 1.87. The van der Waals surface area contributed by atoms with E-state index in [-0.39, 0.29) is 5.02 Å². The van der Waals surface area contributed by atoms with Crippen LogP contribution in [0.25, 0.3) is 11.0 Å². The first-order chi connectivity index (χ1) is 5.68. The number of pyridine rings is 1. The van der Waals surface area contributed by atoms with Crippen LogP contribution in [0.15, 0.2) is 12.3 Å². The fourth-order valence-corrected chi connectivity index (χ4v) is 1.34. The van der Waals surface area contributed by atoms with Crippen LogP contribution >= 0.6 is 11.6 Å². The molecule has 2 nitrogen and oxygen atoms in total. The van der Waals surface area contributed by atoms with Gasteiger partial charge in [-0.3, -0.25) is 0 Å². The van der Waals surface area contributed by atoms with E-state index in [1.807, 2.05) is 6.92 Å². The lowest BCUT2D eigenvalue weighted by molar-refractivity contribution is 0.624. The van der Waals surface area contributed by atoms with Crippen molar-refractivity contribution in [2.45, 2.75) is 6.92 Å². The lowest BCUT2D eigenvalue weighted by Gasteiger charge is -1.93. The van der Waals surface area contributed by atoms with Crippen LogP contribution in [-0.4, -0.2) is 9.97 Å². The summed E-state index contributed by atoms with van der Waals surface area (Å²) in [6, 6.07) is 1.77. The van der Waals surface area contributed by atoms with Crippen LogP contribution in [0.3, 0.4) is 0 Å². The van der Waals surface area contributed by atoms with Crippen LogP contribution in [-0.2, 0) is 0 Å². The second-order valence-corrected chi connectivity index (χ2v) is 3.01. The van der Waals surface area contributed by atoms with E-state index >= 15 is 0 Å². The summed E-state index contributed by atoms with van der Waals surface area (Å²) in [7, 11) is 0. The van der Waals surface area contributed by atoms with Crippen molar-refractivity contribution in [3.63, 3.8) is 0 Å². The number of rotatable bonds is 0. The zero-order valence-electron chi connectivity index (χ0n) is 6.36. The van der Waals surface area contributed by atoms with Crippen molar-refractivity contribution >= 4 is 22.6 Å². The van der Waals surface area contributed by atoms with Crippen LogP contribution in [0.5, 0.6) is 0 Å². The number of nitrogens with one attached hydrogen (secondary N) is 1. The lowest BCUT2D eigenvalue weighted by Crippen LogP contribution is -1.81. The molecule has 2 heterocycles. The van der Waals surface area contributed by atoms with E-state index in [4.69, 9.17) is 11.6 Å². The Morgan fingerprint density at radius 2 is 2.33 bits per heavy atom. The van der Waals surface area contributed by atoms with Gasteiger partial charge in [-0.15, -0.1) is 0 Å². The summed E-state index contributed by atoms with van der Waals surface area (Å²) < 4.78 is 12.8. The number of hydrogen-bond donors (Lipinski definition) is 1. The van der Waals surface area contributed by atoms with Gasteiger partial charge in [0.2, 0.25) is 0 Å². The van der Waals surface area contributed by atoms with E-state index in [2.05, 4.69) is 9.97 Å². The molecule has 0 bridgehead atoms. The highest BCUT2D eigenvalue weighted by Crippen LogP contribution is 2.24. The molecule has 0 radical (unpaired) electrons. The van der Waals surface area contributed by atoms with Crippen LogP contribution in [0, 0.1) is 12.7 Å². The van der Waals surface area contributed by atoms with Crippen LogP contribution < -0.4 is 0 Å². The monoisotopic (exact) mass is 184 g/mol. The smallest absolute Gasteiger partial charge is 0.160 e. The molecule has 2 aromatic heterocycles. The maximum absolute atomic E-state index is 12.8. The van der Waals surface area contributed by atoms with Crippen LogP contribution in [0.4, 0.5) is 4.39 Å². The first kappa shape index (κ1) is 7.55. The quantitative estimate of drug-likeness (QED) is 0.670. The SMILES string of the molecule is Cc1cc2c(Cl)c(F)cnc2[nH]1. The minimum absolute atomic E-state index is 0.129. The van der Waals surface area contributed by atoms with Crippen molar-refractivity contribution < 1.29 is 4.39 Å². The number of H-pyrrole nitrogens is 1. The van der Waals surface area contributed by atoms with Crippen molar-refractivity contribution in [3.05, 3.63) is 28.8 Å². The fraction of sp³-hybridized carbons (Fsp3) is 0.125. The van der Waals surface area contributed by atoms with Crippen molar-refractivity contribution in [2.75, 3.05) is 0 Å². The van der Waals surface area contributed by atoms with Gasteiger partial charge < -0.3 is 4.98 Å². The van der Waals surface area contributed by atoms with E-state index in [1.165, 1.54) is 0 Å². The average molecular weight is 185 g/mol. The number of halogens is 2. The number of aryl methyl sites for hydroxylation is 1. The molecule has 62 valence electrons. The van der Waals surface area contributed by atoms with Gasteiger partial charge in [-0.2, -0.15) is 0 Å². The normalized spacial score (nSPS) is 10.9. The third-order valence-corrected chi connectivity index (χ3v) is 2.07. The van der Waals surface area contributed by atoms with Crippen molar-refractivity contribution in [2.24, 2.45) is 0 Å². The molecule has 0 atom stereocenters. The Balaban J connectivity index is 2.89. The molecular weight excluding hydrogens is 179 g/mol. The molecule has 12 heavy (non-hydrogen) atoms. The van der Waals surface area contributed by atoms with Gasteiger partial charge in [0.25, 0.3) is 0 Å². The average Bonchev–Trinajstić information content (AvgIpc) is 2.39. The molecule has 2 aromatic rings. The number of hydrogen-bond acceptors (Lipinski definition) is 1. The summed E-state index contributed by atoms with van der Waals surface area (Å²) in [5, 5.41) is 0.763. The molecule has 0 saturated carbocycles. The first-order valence-electron chi connectivity index (χ1n) is 3.48. The topological polar surface area (TPSA) is 28.7 Å². The Labute approximate surface area is 73.4 Å². The minimum atomic E-state index is -0.483. The zero-order chi connectivity index (χ0) is 8.72. The minimum Gasteiger partial charge on any atom is -0.344 e. The molecule has 4 heteroatoms. The zero-order valence-corrected chi connectivity index (χ0v) is 7.11. The van der Waals surface area contributed by atoms with E-state index in [1.54, 1.807) is 6.07 Å². The van der Waals surface area contributed by atoms with Gasteiger partial charge in [0.15, 0.2) is 5.82 Å². The van der Waals surface area contributed by atoms with Crippen molar-refractivity contribution in [1.82, 2.24) is 9.97 Å². The molecule has 0 unspecified atom stereocenters. The third-order valence-electron chi connectivity index (χ3n) is 1.68. The molecule has 2 rings (SSSR count). The van der Waals surface area contributed by atoms with E-state index in [9.17, 15) is 4.39 Å². The van der Waals surface area contributed by atoms with Gasteiger partial charge >= 0.3 is 0 Å². The summed E-state index contributed by atoms with van der Waals surface area (Å²) in [5.41, 5.74) is 1.55. The Kier molecular flexibility index (Phi) is 1.54. The summed E-state index contributed by atoms with van der Waals surface area (Å²) >= 11 is 5.70. The Bertz CT molecular complexity index is 436. The largest absolute Gasteiger partial charge is 0.344 e. The van der Waals surface area contributed by atoms with Crippen LogP contribution in [0.1, 0.15) is 5.69 Å². The lowest BCUT2D eigenvalue weighted by atomic mass is 10.3. The number of nitrogens with zero attached hydrogens (tertiary/aromatic N) is 1. The predicted octanol–water partition coefficient (Wildman–Crippen LogP) is 2.66. The van der Waals surface area contributed by atoms with Crippen molar-refractivity contribution in [1.29, 1.82) is 0 Å². The molecule has 0 spiro atoms. The molecule has 0 aliphatic rings. The third kappa shape index (κ3) is 0.975. The summed E-state index contributed by atoms with van der Waals surface area (Å²) in [6.07, 6.45) is 1.11. The molecule has 0 aliphatic heterocycles. The maximum atomic E-state index is 12.8. The highest BCUT2D eigenvalue weighted by molar-refractivity contribution is 6.35. The van der Waals surface area contributed by atoms with E-state index in [0.29, 0.717) is 11.0 Å². The molecule has 0 aliphatic carbocycles. The van der Waals surface area contributed by atoms with Gasteiger partial charge in [-0.05, 0) is 13.0 Å². The highest BCUT2D eigenvalue weighted by Gasteiger charge is 2.07. The predicted molar refractivity (Wildman–Crippen MR) is 45.8 cm³/mol. The first-order valence-corrected chi connectivity index (χ1v) is 3.85. The second-order valence-electron chi connectivity index (χ2n) is 2.63. The van der Waals surface area contributed by atoms with Gasteiger partial charge in [-0.25, -0.2) is 9.37 Å². The summed E-state index contributed by atoms with van der Waals surface area (Å²) in [4.78, 5) is 6.81. The standard InChI is InChI=1S/C8H6ClFN2/c1-4-2-5-7(9)6(10)3-11-8(5)12-4/h2-3H,1H3,(H,11,12). The Morgan fingerprint density at radius 3 is 3.08 bits per heavy atom. The molecule has 0 fully saturated rings. The van der Waals surface area contributed by atoms with Gasteiger partial charge in [0, 0.05) is 11.1 Å². The second kappa shape index (κ2) is 2.45. The molecule has 0 amide bonds. The Hall–Kier alpha value is -1.09. The number of fused-ring (bicyclic) bond motifs is 1. The highest BCUT2D eigenvalue weighted by atomic mass is 35.5. The van der Waals surface area contributed by atoms with E-state index in [0.717, 1.165) is 11.9 Å². The fourth-order valence-electron chi connectivity index (χ4n) is 1.15. The number of aromatic amines is 1. The molecule has 1 N–H and O–H groups in total. The van der Waals surface area contributed by atoms with Gasteiger partial charge in [-0.1, -0.05) is 11.6 Å². The van der Waals surface area contributed by atoms with Gasteiger partial charge in [0.05, 0.1) is 11.2 Å². The van der Waals surface area contributed by atoms with Gasteiger partial charge in [0.1, 0.15) is 5.65 Å². The molecule has 0 saturated heterocycles. The van der Waals surface area contributed by atoms with Crippen molar-refractivity contribution in [3.8, 4) is 0 Å². The molecular formula is C8H6ClFN2. The van der Waals surface area contributed by atoms with E-state index < -0.39 is 5.82 Å².